The first-order chi connectivity index (χ1) is 15.3. The second-order valence-electron chi connectivity index (χ2n) is 7.09. The molecule has 1 unspecified atom stereocenters. The van der Waals surface area contributed by atoms with E-state index in [1.54, 1.807) is 42.5 Å². The Kier molecular flexibility index (Phi) is 7.56. The summed E-state index contributed by atoms with van der Waals surface area (Å²) in [5.41, 5.74) is 1.59. The van der Waals surface area contributed by atoms with Crippen LogP contribution in [0.15, 0.2) is 52.7 Å². The number of hydrogen-bond acceptors (Lipinski definition) is 7. The molecule has 0 radical (unpaired) electrons. The average Bonchev–Trinajstić information content (AvgIpc) is 3.10. The van der Waals surface area contributed by atoms with Crippen LogP contribution >= 0.6 is 19.0 Å². The molecule has 0 saturated carbocycles. The van der Waals surface area contributed by atoms with Crippen molar-refractivity contribution in [2.75, 3.05) is 44.8 Å². The van der Waals surface area contributed by atoms with Crippen LogP contribution in [0.4, 0.5) is 11.4 Å². The number of benzene rings is 2. The van der Waals surface area contributed by atoms with Gasteiger partial charge < -0.3 is 24.3 Å². The Labute approximate surface area is 190 Å². The van der Waals surface area contributed by atoms with E-state index >= 15 is 0 Å². The number of alkyl halides is 1. The van der Waals surface area contributed by atoms with E-state index in [-0.39, 0.29) is 24.1 Å². The van der Waals surface area contributed by atoms with Gasteiger partial charge in [0, 0.05) is 36.4 Å². The number of hydrogen-bond donors (Lipinski definition) is 2. The summed E-state index contributed by atoms with van der Waals surface area (Å²) in [6.07, 6.45) is -0.485. The monoisotopic (exact) mass is 478 g/mol. The maximum Gasteiger partial charge on any atom is 0.274 e. The van der Waals surface area contributed by atoms with E-state index in [2.05, 4.69) is 15.2 Å². The molecule has 2 aromatic carbocycles. The number of anilines is 1. The van der Waals surface area contributed by atoms with E-state index in [1.165, 1.54) is 7.11 Å². The lowest BCUT2D eigenvalue weighted by Gasteiger charge is -2.18. The molecule has 2 N–H and O–H groups in total. The van der Waals surface area contributed by atoms with Crippen LogP contribution in [0.2, 0.25) is 0 Å². The Morgan fingerprint density at radius 3 is 2.56 bits per heavy atom. The molecule has 3 aromatic rings. The Morgan fingerprint density at radius 1 is 1.22 bits per heavy atom. The van der Waals surface area contributed by atoms with Crippen LogP contribution in [0.1, 0.15) is 0 Å². The fourth-order valence-corrected chi connectivity index (χ4v) is 5.07. The summed E-state index contributed by atoms with van der Waals surface area (Å²) in [7, 11) is 1.72. The summed E-state index contributed by atoms with van der Waals surface area (Å²) in [6.45, 7) is 0.0156. The van der Waals surface area contributed by atoms with Crippen molar-refractivity contribution in [3.8, 4) is 11.6 Å². The molecule has 1 heterocycles. The molecule has 1 atom stereocenters. The zero-order chi connectivity index (χ0) is 23.3. The number of H-pyrrole nitrogens is 1. The van der Waals surface area contributed by atoms with Crippen LogP contribution < -0.4 is 14.9 Å². The molecule has 0 saturated heterocycles. The highest BCUT2D eigenvalue weighted by Crippen LogP contribution is 2.46. The number of fused-ring (bicyclic) bond motifs is 1. The summed E-state index contributed by atoms with van der Waals surface area (Å²) >= 11 is 5.70. The van der Waals surface area contributed by atoms with Gasteiger partial charge in [-0.15, -0.1) is 21.8 Å². The molecule has 11 heteroatoms. The van der Waals surface area contributed by atoms with E-state index < -0.39 is 19.4 Å². The lowest BCUT2D eigenvalue weighted by molar-refractivity contribution is -0.116. The number of carbonyl (C=O) groups excluding carboxylic acids is 1. The number of aromatic amines is 1. The molecule has 3 rings (SSSR count). The smallest absolute Gasteiger partial charge is 0.274 e. The maximum absolute atomic E-state index is 13.5. The number of halogens is 1. The molecule has 32 heavy (non-hydrogen) atoms. The van der Waals surface area contributed by atoms with Crippen LogP contribution in [0.3, 0.4) is 0 Å². The molecular weight excluding hydrogens is 455 g/mol. The molecule has 0 aliphatic heterocycles. The van der Waals surface area contributed by atoms with Crippen molar-refractivity contribution in [3.63, 3.8) is 0 Å². The molecule has 9 nitrogen and oxygen atoms in total. The number of nitrogens with zero attached hydrogens (tertiary/aromatic N) is 3. The lowest BCUT2D eigenvalue weighted by Crippen LogP contribution is -2.17. The number of rotatable bonds is 9. The van der Waals surface area contributed by atoms with E-state index in [0.29, 0.717) is 22.0 Å². The van der Waals surface area contributed by atoms with Crippen molar-refractivity contribution >= 4 is 52.5 Å². The second kappa shape index (κ2) is 10.2. The molecule has 0 bridgehead atoms. The van der Waals surface area contributed by atoms with E-state index in [1.807, 2.05) is 19.0 Å². The first-order valence-electron chi connectivity index (χ1n) is 9.68. The highest BCUT2D eigenvalue weighted by molar-refractivity contribution is 7.67. The van der Waals surface area contributed by atoms with Gasteiger partial charge in [-0.2, -0.15) is 0 Å². The third kappa shape index (κ3) is 5.30. The number of amides is 1. The first kappa shape index (κ1) is 23.8. The lowest BCUT2D eigenvalue weighted by atomic mass is 10.2. The van der Waals surface area contributed by atoms with E-state index in [0.717, 1.165) is 5.69 Å². The van der Waals surface area contributed by atoms with Crippen molar-refractivity contribution in [2.45, 2.75) is 0 Å². The highest BCUT2D eigenvalue weighted by atomic mass is 35.5. The molecule has 0 spiro atoms. The number of aromatic nitrogens is 1. The third-order valence-electron chi connectivity index (χ3n) is 4.70. The van der Waals surface area contributed by atoms with Crippen LogP contribution in [0.5, 0.6) is 11.6 Å². The number of methoxy groups -OCH3 is 1. The van der Waals surface area contributed by atoms with E-state index in [4.69, 9.17) is 20.9 Å². The quantitative estimate of drug-likeness (QED) is 0.267. The number of ether oxygens (including phenoxy) is 1. The van der Waals surface area contributed by atoms with Crippen molar-refractivity contribution in [2.24, 2.45) is 10.2 Å². The van der Waals surface area contributed by atoms with Gasteiger partial charge in [-0.1, -0.05) is 0 Å². The van der Waals surface area contributed by atoms with Gasteiger partial charge in [-0.25, -0.2) is 0 Å². The van der Waals surface area contributed by atoms with Gasteiger partial charge in [0.05, 0.1) is 19.2 Å². The molecule has 1 amide bonds. The SMILES string of the molecule is COc1ccc2[nH]c(O)c(N=NC(=O)CP(=O)(OCCCl)c3ccc(N(C)C)cc3)c2c1. The van der Waals surface area contributed by atoms with Crippen LogP contribution in [0.25, 0.3) is 10.9 Å². The Bertz CT molecular complexity index is 1180. The summed E-state index contributed by atoms with van der Waals surface area (Å²) in [5, 5.41) is 18.6. The Hall–Kier alpha value is -2.87. The van der Waals surface area contributed by atoms with Crippen molar-refractivity contribution in [3.05, 3.63) is 42.5 Å². The van der Waals surface area contributed by atoms with Crippen LogP contribution in [-0.2, 0) is 13.9 Å². The molecular formula is C21H24ClN4O5P. The van der Waals surface area contributed by atoms with Crippen molar-refractivity contribution in [1.82, 2.24) is 4.98 Å². The normalized spacial score (nSPS) is 13.4. The minimum atomic E-state index is -3.57. The topological polar surface area (TPSA) is 117 Å². The number of carbonyl (C=O) groups is 1. The molecule has 0 fully saturated rings. The summed E-state index contributed by atoms with van der Waals surface area (Å²) < 4.78 is 24.2. The molecule has 0 aliphatic rings. The van der Waals surface area contributed by atoms with Gasteiger partial charge in [0.25, 0.3) is 5.91 Å². The van der Waals surface area contributed by atoms with Gasteiger partial charge in [0.15, 0.2) is 5.69 Å². The van der Waals surface area contributed by atoms with Gasteiger partial charge >= 0.3 is 0 Å². The van der Waals surface area contributed by atoms with Gasteiger partial charge in [0.1, 0.15) is 11.9 Å². The minimum Gasteiger partial charge on any atom is -0.497 e. The van der Waals surface area contributed by atoms with Crippen LogP contribution in [0, 0.1) is 0 Å². The number of nitrogens with one attached hydrogen (secondary N) is 1. The molecule has 170 valence electrons. The van der Waals surface area contributed by atoms with Crippen LogP contribution in [-0.4, -0.2) is 55.9 Å². The summed E-state index contributed by atoms with van der Waals surface area (Å²) in [6, 6.07) is 12.0. The fourth-order valence-electron chi connectivity index (χ4n) is 3.06. The summed E-state index contributed by atoms with van der Waals surface area (Å²) in [5.74, 6) is -0.318. The van der Waals surface area contributed by atoms with E-state index in [9.17, 15) is 14.5 Å². The molecule has 0 aliphatic carbocycles. The second-order valence-corrected chi connectivity index (χ2v) is 9.91. The average molecular weight is 479 g/mol. The zero-order valence-corrected chi connectivity index (χ0v) is 19.6. The number of aromatic hydroxyl groups is 1. The van der Waals surface area contributed by atoms with Crippen molar-refractivity contribution in [1.29, 1.82) is 0 Å². The zero-order valence-electron chi connectivity index (χ0n) is 17.9. The predicted molar refractivity (Wildman–Crippen MR) is 126 cm³/mol. The van der Waals surface area contributed by atoms with Gasteiger partial charge in [0.2, 0.25) is 13.2 Å². The predicted octanol–water partition coefficient (Wildman–Crippen LogP) is 4.42. The Balaban J connectivity index is 1.85. The van der Waals surface area contributed by atoms with Gasteiger partial charge in [-0.05, 0) is 42.5 Å². The first-order valence-corrected chi connectivity index (χ1v) is 12.0. The summed E-state index contributed by atoms with van der Waals surface area (Å²) in [4.78, 5) is 17.2. The fraction of sp³-hybridized carbons (Fsp3) is 0.286. The standard InChI is InChI=1S/C21H24ClN4O5P/c1-26(2)14-4-7-16(8-5-14)32(29,31-11-10-22)13-19(27)24-25-20-17-12-15(30-3)6-9-18(17)23-21(20)28/h4-9,12,23,28H,10-11,13H2,1-3H3. The molecule has 1 aromatic heterocycles. The third-order valence-corrected chi connectivity index (χ3v) is 7.23. The van der Waals surface area contributed by atoms with Crippen molar-refractivity contribution < 1.29 is 23.7 Å². The highest BCUT2D eigenvalue weighted by Gasteiger charge is 2.30. The Morgan fingerprint density at radius 2 is 1.94 bits per heavy atom. The largest absolute Gasteiger partial charge is 0.497 e. The van der Waals surface area contributed by atoms with Gasteiger partial charge in [-0.3, -0.25) is 9.36 Å². The minimum absolute atomic E-state index is 0.0156. The number of azo groups is 1. The maximum atomic E-state index is 13.5.